The lowest BCUT2D eigenvalue weighted by Crippen LogP contribution is -2.27. The predicted molar refractivity (Wildman–Crippen MR) is 95.0 cm³/mol. The lowest BCUT2D eigenvalue weighted by molar-refractivity contribution is -0.117. The number of carbonyl (C=O) groups excluding carboxylic acids is 1. The topological polar surface area (TPSA) is 49.0 Å². The number of anilines is 1. The first-order valence-electron chi connectivity index (χ1n) is 7.39. The highest BCUT2D eigenvalue weighted by molar-refractivity contribution is 7.22. The molecule has 23 heavy (non-hydrogen) atoms. The van der Waals surface area contributed by atoms with E-state index in [1.54, 1.807) is 11.9 Å². The maximum absolute atomic E-state index is 12.6. The molecule has 0 bridgehead atoms. The number of hydrogen-bond donors (Lipinski definition) is 1. The number of nitrogens with zero attached hydrogens (tertiary/aromatic N) is 2. The van der Waals surface area contributed by atoms with E-state index in [1.807, 2.05) is 54.7 Å². The third-order valence-electron chi connectivity index (χ3n) is 3.96. The molecular weight excluding hydrogens is 306 g/mol. The summed E-state index contributed by atoms with van der Waals surface area (Å²) in [6.07, 6.45) is 2.27. The van der Waals surface area contributed by atoms with Gasteiger partial charge < -0.3 is 4.98 Å². The van der Waals surface area contributed by atoms with Crippen molar-refractivity contribution in [1.82, 2.24) is 9.97 Å². The summed E-state index contributed by atoms with van der Waals surface area (Å²) in [4.78, 5) is 22.0. The van der Waals surface area contributed by atoms with Crippen LogP contribution in [-0.2, 0) is 11.2 Å². The average Bonchev–Trinajstić information content (AvgIpc) is 3.18. The fourth-order valence-corrected chi connectivity index (χ4v) is 3.61. The van der Waals surface area contributed by atoms with Crippen molar-refractivity contribution in [3.05, 3.63) is 60.3 Å². The van der Waals surface area contributed by atoms with Crippen molar-refractivity contribution >= 4 is 43.5 Å². The number of thiazole rings is 1. The summed E-state index contributed by atoms with van der Waals surface area (Å²) in [5.74, 6) is 0.0359. The van der Waals surface area contributed by atoms with Crippen LogP contribution in [0.25, 0.3) is 21.1 Å². The molecule has 114 valence electrons. The summed E-state index contributed by atoms with van der Waals surface area (Å²) in [7, 11) is 1.79. The molecule has 0 unspecified atom stereocenters. The van der Waals surface area contributed by atoms with Gasteiger partial charge in [0.05, 0.1) is 16.6 Å². The van der Waals surface area contributed by atoms with Gasteiger partial charge in [0.15, 0.2) is 5.13 Å². The van der Waals surface area contributed by atoms with Gasteiger partial charge >= 0.3 is 0 Å². The molecule has 0 radical (unpaired) electrons. The Hall–Kier alpha value is -2.66. The largest absolute Gasteiger partial charge is 0.361 e. The number of benzene rings is 2. The van der Waals surface area contributed by atoms with Crippen LogP contribution in [0.4, 0.5) is 5.13 Å². The number of amides is 1. The van der Waals surface area contributed by atoms with Gasteiger partial charge in [0.1, 0.15) is 0 Å². The number of aromatic nitrogens is 2. The summed E-state index contributed by atoms with van der Waals surface area (Å²) < 4.78 is 1.09. The minimum atomic E-state index is 0.0359. The van der Waals surface area contributed by atoms with Gasteiger partial charge in [-0.05, 0) is 23.8 Å². The standard InChI is InChI=1S/C18H15N3OS/c1-21(18-20-15-8-4-5-9-16(15)23-18)17(22)10-12-11-19-14-7-3-2-6-13(12)14/h2-9,11,19H,10H2,1H3. The zero-order chi connectivity index (χ0) is 15.8. The highest BCUT2D eigenvalue weighted by atomic mass is 32.1. The summed E-state index contributed by atoms with van der Waals surface area (Å²) in [6, 6.07) is 15.9. The molecule has 2 aromatic carbocycles. The van der Waals surface area contributed by atoms with Crippen molar-refractivity contribution < 1.29 is 4.79 Å². The zero-order valence-corrected chi connectivity index (χ0v) is 13.4. The third-order valence-corrected chi connectivity index (χ3v) is 5.07. The van der Waals surface area contributed by atoms with Crippen molar-refractivity contribution in [2.75, 3.05) is 11.9 Å². The Morgan fingerprint density at radius 1 is 1.17 bits per heavy atom. The van der Waals surface area contributed by atoms with Crippen molar-refractivity contribution in [3.63, 3.8) is 0 Å². The molecule has 0 aliphatic heterocycles. The summed E-state index contributed by atoms with van der Waals surface area (Å²) in [5, 5.41) is 1.83. The van der Waals surface area contributed by atoms with Crippen LogP contribution in [0.1, 0.15) is 5.56 Å². The fourth-order valence-electron chi connectivity index (χ4n) is 2.67. The lowest BCUT2D eigenvalue weighted by Gasteiger charge is -2.13. The SMILES string of the molecule is CN(C(=O)Cc1c[nH]c2ccccc12)c1nc2ccccc2s1. The number of nitrogens with one attached hydrogen (secondary N) is 1. The Bertz CT molecular complexity index is 969. The molecule has 2 aromatic heterocycles. The number of rotatable bonds is 3. The van der Waals surface area contributed by atoms with Crippen molar-refractivity contribution in [2.24, 2.45) is 0 Å². The van der Waals surface area contributed by atoms with E-state index in [0.717, 1.165) is 31.8 Å². The molecule has 0 aliphatic rings. The van der Waals surface area contributed by atoms with E-state index in [1.165, 1.54) is 11.3 Å². The van der Waals surface area contributed by atoms with Crippen molar-refractivity contribution in [1.29, 1.82) is 0 Å². The van der Waals surface area contributed by atoms with Gasteiger partial charge in [-0.15, -0.1) is 0 Å². The number of hydrogen-bond acceptors (Lipinski definition) is 3. The van der Waals surface area contributed by atoms with Crippen LogP contribution in [-0.4, -0.2) is 22.9 Å². The Morgan fingerprint density at radius 3 is 2.83 bits per heavy atom. The summed E-state index contributed by atoms with van der Waals surface area (Å²) >= 11 is 1.54. The molecule has 4 aromatic rings. The van der Waals surface area contributed by atoms with Gasteiger partial charge in [0.2, 0.25) is 5.91 Å². The third kappa shape index (κ3) is 2.49. The van der Waals surface area contributed by atoms with E-state index in [-0.39, 0.29) is 5.91 Å². The maximum atomic E-state index is 12.6. The molecule has 0 aliphatic carbocycles. The van der Waals surface area contributed by atoms with Gasteiger partial charge in [-0.2, -0.15) is 0 Å². The zero-order valence-electron chi connectivity index (χ0n) is 12.6. The van der Waals surface area contributed by atoms with E-state index < -0.39 is 0 Å². The Labute approximate surface area is 137 Å². The Balaban J connectivity index is 1.60. The molecule has 2 heterocycles. The smallest absolute Gasteiger partial charge is 0.233 e. The van der Waals surface area contributed by atoms with Crippen LogP contribution in [0.2, 0.25) is 0 Å². The molecular formula is C18H15N3OS. The minimum absolute atomic E-state index is 0.0359. The van der Waals surface area contributed by atoms with Crippen LogP contribution in [0.3, 0.4) is 0 Å². The molecule has 0 spiro atoms. The molecule has 1 amide bonds. The maximum Gasteiger partial charge on any atom is 0.233 e. The Kier molecular flexibility index (Phi) is 3.35. The number of fused-ring (bicyclic) bond motifs is 2. The quantitative estimate of drug-likeness (QED) is 0.620. The van der Waals surface area contributed by atoms with E-state index in [9.17, 15) is 4.79 Å². The molecule has 4 nitrogen and oxygen atoms in total. The van der Waals surface area contributed by atoms with Gasteiger partial charge in [0, 0.05) is 24.1 Å². The second-order valence-corrected chi connectivity index (χ2v) is 6.46. The van der Waals surface area contributed by atoms with Crippen molar-refractivity contribution in [2.45, 2.75) is 6.42 Å². The van der Waals surface area contributed by atoms with Crippen molar-refractivity contribution in [3.8, 4) is 0 Å². The van der Waals surface area contributed by atoms with Gasteiger partial charge in [0.25, 0.3) is 0 Å². The van der Waals surface area contributed by atoms with E-state index >= 15 is 0 Å². The monoisotopic (exact) mass is 321 g/mol. The van der Waals surface area contributed by atoms with Crippen LogP contribution in [0, 0.1) is 0 Å². The number of para-hydroxylation sites is 2. The van der Waals surface area contributed by atoms with Crippen LogP contribution in [0.5, 0.6) is 0 Å². The molecule has 1 N–H and O–H groups in total. The Morgan fingerprint density at radius 2 is 1.96 bits per heavy atom. The average molecular weight is 321 g/mol. The number of likely N-dealkylation sites (N-methyl/N-ethyl adjacent to an activating group) is 1. The molecule has 0 saturated carbocycles. The minimum Gasteiger partial charge on any atom is -0.361 e. The molecule has 4 rings (SSSR count). The van der Waals surface area contributed by atoms with Gasteiger partial charge in [-0.3, -0.25) is 9.69 Å². The molecule has 0 atom stereocenters. The van der Waals surface area contributed by atoms with E-state index in [0.29, 0.717) is 6.42 Å². The number of aromatic amines is 1. The van der Waals surface area contributed by atoms with E-state index in [4.69, 9.17) is 0 Å². The van der Waals surface area contributed by atoms with Gasteiger partial charge in [-0.1, -0.05) is 41.7 Å². The number of H-pyrrole nitrogens is 1. The molecule has 0 fully saturated rings. The van der Waals surface area contributed by atoms with E-state index in [2.05, 4.69) is 9.97 Å². The summed E-state index contributed by atoms with van der Waals surface area (Å²) in [5.41, 5.74) is 3.00. The first kappa shape index (κ1) is 14.0. The number of carbonyl (C=O) groups is 1. The second-order valence-electron chi connectivity index (χ2n) is 5.45. The highest BCUT2D eigenvalue weighted by Crippen LogP contribution is 2.28. The normalized spacial score (nSPS) is 11.2. The highest BCUT2D eigenvalue weighted by Gasteiger charge is 2.17. The fraction of sp³-hybridized carbons (Fsp3) is 0.111. The predicted octanol–water partition coefficient (Wildman–Crippen LogP) is 3.98. The first-order chi connectivity index (χ1) is 11.2. The molecule has 0 saturated heterocycles. The van der Waals surface area contributed by atoms with Gasteiger partial charge in [-0.25, -0.2) is 4.98 Å². The summed E-state index contributed by atoms with van der Waals surface area (Å²) in [6.45, 7) is 0. The van der Waals surface area contributed by atoms with Crippen LogP contribution in [0.15, 0.2) is 54.7 Å². The lowest BCUT2D eigenvalue weighted by atomic mass is 10.1. The molecule has 5 heteroatoms. The van der Waals surface area contributed by atoms with Crippen LogP contribution >= 0.6 is 11.3 Å². The second kappa shape index (κ2) is 5.52. The van der Waals surface area contributed by atoms with Crippen LogP contribution < -0.4 is 4.90 Å². The first-order valence-corrected chi connectivity index (χ1v) is 8.21.